The van der Waals surface area contributed by atoms with Crippen molar-refractivity contribution >= 4 is 30.3 Å². The Morgan fingerprint density at radius 2 is 1.71 bits per heavy atom. The largest absolute Gasteiger partial charge is 0.497 e. The van der Waals surface area contributed by atoms with E-state index in [1.54, 1.807) is 39.0 Å². The van der Waals surface area contributed by atoms with Crippen LogP contribution in [-0.4, -0.2) is 54.5 Å². The molecule has 200 valence electrons. The molecule has 10 heteroatoms. The van der Waals surface area contributed by atoms with E-state index in [1.165, 1.54) is 7.11 Å². The molecule has 1 fully saturated rings. The van der Waals surface area contributed by atoms with Crippen molar-refractivity contribution in [3.8, 4) is 6.07 Å². The lowest BCUT2D eigenvalue weighted by molar-refractivity contribution is 0.00578. The molecular weight excluding hydrogens is 485 g/mol. The fourth-order valence-electron chi connectivity index (χ4n) is 4.56. The lowest BCUT2D eigenvalue weighted by Gasteiger charge is -2.32. The fourth-order valence-corrected chi connectivity index (χ4v) is 4.56. The monoisotopic (exact) mass is 519 g/mol. The van der Waals surface area contributed by atoms with Gasteiger partial charge in [-0.2, -0.15) is 5.26 Å². The number of esters is 2. The first-order valence-corrected chi connectivity index (χ1v) is 12.7. The zero-order valence-electron chi connectivity index (χ0n) is 23.3. The molecule has 0 atom stereocenters. The highest BCUT2D eigenvalue weighted by molar-refractivity contribution is 6.63. The molecule has 0 N–H and O–H groups in total. The second-order valence-corrected chi connectivity index (χ2v) is 11.6. The van der Waals surface area contributed by atoms with Gasteiger partial charge >= 0.3 is 19.1 Å². The van der Waals surface area contributed by atoms with E-state index >= 15 is 0 Å². The van der Waals surface area contributed by atoms with Crippen molar-refractivity contribution in [3.63, 3.8) is 0 Å². The van der Waals surface area contributed by atoms with Gasteiger partial charge in [0.15, 0.2) is 5.69 Å². The van der Waals surface area contributed by atoms with Crippen molar-refractivity contribution in [2.24, 2.45) is 0 Å². The van der Waals surface area contributed by atoms with Gasteiger partial charge in [0, 0.05) is 18.6 Å². The van der Waals surface area contributed by atoms with E-state index in [2.05, 4.69) is 6.07 Å². The van der Waals surface area contributed by atoms with Crippen molar-refractivity contribution in [2.75, 3.05) is 18.6 Å². The summed E-state index contributed by atoms with van der Waals surface area (Å²) in [6.45, 7) is 14.0. The molecule has 1 aromatic carbocycles. The Labute approximate surface area is 224 Å². The van der Waals surface area contributed by atoms with E-state index in [0.717, 1.165) is 11.1 Å². The summed E-state index contributed by atoms with van der Waals surface area (Å²) < 4.78 is 23.1. The average molecular weight is 519 g/mol. The quantitative estimate of drug-likeness (QED) is 0.442. The number of benzene rings is 1. The lowest BCUT2D eigenvalue weighted by Crippen LogP contribution is -2.41. The summed E-state index contributed by atoms with van der Waals surface area (Å²) in [6.07, 6.45) is 0.533. The zero-order chi connectivity index (χ0) is 28.0. The van der Waals surface area contributed by atoms with Crippen LogP contribution >= 0.6 is 0 Å². The van der Waals surface area contributed by atoms with Crippen LogP contribution in [0.5, 0.6) is 0 Å². The fraction of sp³-hybridized carbons (Fsp3) is 0.500. The third-order valence-electron chi connectivity index (χ3n) is 7.27. The molecule has 1 aromatic heterocycles. The number of pyridine rings is 1. The van der Waals surface area contributed by atoms with Gasteiger partial charge in [-0.3, -0.25) is 0 Å². The Kier molecular flexibility index (Phi) is 7.06. The van der Waals surface area contributed by atoms with Crippen molar-refractivity contribution in [1.29, 1.82) is 5.26 Å². The molecule has 0 amide bonds. The first-order valence-electron chi connectivity index (χ1n) is 12.7. The van der Waals surface area contributed by atoms with Gasteiger partial charge in [0.25, 0.3) is 0 Å². The first-order chi connectivity index (χ1) is 17.7. The van der Waals surface area contributed by atoms with Gasteiger partial charge in [-0.15, -0.1) is 0 Å². The van der Waals surface area contributed by atoms with Crippen LogP contribution in [0, 0.1) is 11.3 Å². The third kappa shape index (κ3) is 5.13. The SMILES string of the molecule is COC(=O)c1ccc(C#N)c2c1CN(c1ccc(B3OC(C)(C)C(C)(C)O3)c(C(=O)OC(C)(C)C)n1)CC2. The number of carbonyl (C=O) groups is 2. The smallest absolute Gasteiger partial charge is 0.465 e. The molecule has 2 aliphatic rings. The van der Waals surface area contributed by atoms with Gasteiger partial charge in [-0.1, -0.05) is 6.07 Å². The number of nitriles is 1. The Bertz CT molecular complexity index is 1310. The second kappa shape index (κ2) is 9.72. The Morgan fingerprint density at radius 3 is 2.29 bits per heavy atom. The normalized spacial score (nSPS) is 18.0. The van der Waals surface area contributed by atoms with E-state index in [9.17, 15) is 14.9 Å². The Morgan fingerprint density at radius 1 is 1.05 bits per heavy atom. The maximum absolute atomic E-state index is 13.3. The van der Waals surface area contributed by atoms with Crippen LogP contribution < -0.4 is 10.4 Å². The molecule has 3 heterocycles. The topological polar surface area (TPSA) is 111 Å². The third-order valence-corrected chi connectivity index (χ3v) is 7.27. The predicted molar refractivity (Wildman–Crippen MR) is 142 cm³/mol. The summed E-state index contributed by atoms with van der Waals surface area (Å²) in [6, 6.07) is 9.08. The number of hydrogen-bond donors (Lipinski definition) is 0. The molecule has 2 aromatic rings. The van der Waals surface area contributed by atoms with E-state index in [0.29, 0.717) is 41.9 Å². The van der Waals surface area contributed by atoms with E-state index in [-0.39, 0.29) is 5.69 Å². The van der Waals surface area contributed by atoms with Crippen LogP contribution in [0.2, 0.25) is 0 Å². The van der Waals surface area contributed by atoms with Crippen molar-refractivity contribution in [3.05, 3.63) is 52.2 Å². The van der Waals surface area contributed by atoms with Crippen LogP contribution in [-0.2, 0) is 31.7 Å². The highest BCUT2D eigenvalue weighted by Crippen LogP contribution is 2.37. The standard InChI is InChI=1S/C28H34BN3O6/c1-26(2,3)36-25(34)23-21(29-37-27(4,5)28(6,7)38-29)11-12-22(31-23)32-14-13-18-17(15-30)9-10-19(20(18)16-32)24(33)35-8/h9-12H,13-14,16H2,1-8H3. The molecule has 0 saturated carbocycles. The molecular formula is C28H34BN3O6. The number of aromatic nitrogens is 1. The Balaban J connectivity index is 1.75. The summed E-state index contributed by atoms with van der Waals surface area (Å²) >= 11 is 0. The minimum atomic E-state index is -0.796. The van der Waals surface area contributed by atoms with Gasteiger partial charge in [-0.05, 0) is 84.2 Å². The number of ether oxygens (including phenoxy) is 2. The molecule has 9 nitrogen and oxygen atoms in total. The van der Waals surface area contributed by atoms with Crippen molar-refractivity contribution in [1.82, 2.24) is 4.98 Å². The van der Waals surface area contributed by atoms with Crippen molar-refractivity contribution < 1.29 is 28.4 Å². The maximum Gasteiger partial charge on any atom is 0.497 e. The molecule has 2 aliphatic heterocycles. The van der Waals surface area contributed by atoms with Gasteiger partial charge in [0.1, 0.15) is 11.4 Å². The summed E-state index contributed by atoms with van der Waals surface area (Å²) in [7, 11) is 0.534. The molecule has 0 spiro atoms. The van der Waals surface area contributed by atoms with E-state index < -0.39 is 35.9 Å². The molecule has 1 saturated heterocycles. The van der Waals surface area contributed by atoms with Gasteiger partial charge in [0.05, 0.1) is 35.5 Å². The minimum absolute atomic E-state index is 0.112. The summed E-state index contributed by atoms with van der Waals surface area (Å²) in [5, 5.41) is 9.59. The predicted octanol–water partition coefficient (Wildman–Crippen LogP) is 3.56. The van der Waals surface area contributed by atoms with E-state index in [1.807, 2.05) is 38.7 Å². The van der Waals surface area contributed by atoms with Crippen LogP contribution in [0.15, 0.2) is 24.3 Å². The number of carbonyl (C=O) groups excluding carboxylic acids is 2. The van der Waals surface area contributed by atoms with Crippen LogP contribution in [0.1, 0.15) is 86.0 Å². The molecule has 0 unspecified atom stereocenters. The van der Waals surface area contributed by atoms with Gasteiger partial charge in [-0.25, -0.2) is 14.6 Å². The van der Waals surface area contributed by atoms with E-state index in [4.69, 9.17) is 23.8 Å². The van der Waals surface area contributed by atoms with Crippen LogP contribution in [0.25, 0.3) is 0 Å². The number of hydrogen-bond acceptors (Lipinski definition) is 9. The number of nitrogens with zero attached hydrogens (tertiary/aromatic N) is 3. The summed E-state index contributed by atoms with van der Waals surface area (Å²) in [5.74, 6) is -0.510. The maximum atomic E-state index is 13.3. The number of rotatable bonds is 4. The van der Waals surface area contributed by atoms with Crippen LogP contribution in [0.3, 0.4) is 0 Å². The van der Waals surface area contributed by atoms with Crippen LogP contribution in [0.4, 0.5) is 5.82 Å². The zero-order valence-corrected chi connectivity index (χ0v) is 23.3. The van der Waals surface area contributed by atoms with Crippen molar-refractivity contribution in [2.45, 2.75) is 78.2 Å². The number of fused-ring (bicyclic) bond motifs is 1. The molecule has 0 bridgehead atoms. The summed E-state index contributed by atoms with van der Waals surface area (Å²) in [4.78, 5) is 32.5. The number of methoxy groups -OCH3 is 1. The van der Waals surface area contributed by atoms with Gasteiger partial charge < -0.3 is 23.7 Å². The molecule has 0 aliphatic carbocycles. The average Bonchev–Trinajstić information content (AvgIpc) is 3.07. The minimum Gasteiger partial charge on any atom is -0.465 e. The summed E-state index contributed by atoms with van der Waals surface area (Å²) in [5.41, 5.74) is 1.17. The molecule has 38 heavy (non-hydrogen) atoms. The second-order valence-electron chi connectivity index (χ2n) is 11.6. The first kappa shape index (κ1) is 27.6. The Hall–Kier alpha value is -3.42. The highest BCUT2D eigenvalue weighted by Gasteiger charge is 2.53. The number of anilines is 1. The molecule has 0 radical (unpaired) electrons. The molecule has 4 rings (SSSR count). The highest BCUT2D eigenvalue weighted by atomic mass is 16.7. The van der Waals surface area contributed by atoms with Gasteiger partial charge in [0.2, 0.25) is 0 Å². The lowest BCUT2D eigenvalue weighted by atomic mass is 9.77.